The highest BCUT2D eigenvalue weighted by molar-refractivity contribution is 9.10. The average Bonchev–Trinajstić information content (AvgIpc) is 2.38. The van der Waals surface area contributed by atoms with Crippen molar-refractivity contribution in [3.05, 3.63) is 44.7 Å². The maximum atomic E-state index is 13.4. The van der Waals surface area contributed by atoms with Crippen LogP contribution in [0.3, 0.4) is 0 Å². The molecule has 1 aromatic heterocycles. The normalized spacial score (nSPS) is 11.4. The minimum absolute atomic E-state index is 0.121. The van der Waals surface area contributed by atoms with Gasteiger partial charge in [0, 0.05) is 10.7 Å². The third-order valence-electron chi connectivity index (χ3n) is 2.65. The Morgan fingerprint density at radius 1 is 1.29 bits per heavy atom. The van der Waals surface area contributed by atoms with Crippen LogP contribution in [0.4, 0.5) is 15.9 Å². The Bertz CT molecular complexity index is 812. The highest BCUT2D eigenvalue weighted by Crippen LogP contribution is 2.28. The first-order valence-electron chi connectivity index (χ1n) is 5.60. The summed E-state index contributed by atoms with van der Waals surface area (Å²) in [7, 11) is -3.93. The molecule has 0 fully saturated rings. The van der Waals surface area contributed by atoms with E-state index in [1.807, 2.05) is 0 Å². The van der Waals surface area contributed by atoms with Crippen LogP contribution in [0, 0.1) is 12.7 Å². The van der Waals surface area contributed by atoms with Gasteiger partial charge in [-0.15, -0.1) is 0 Å². The van der Waals surface area contributed by atoms with Crippen molar-refractivity contribution in [3.8, 4) is 0 Å². The summed E-state index contributed by atoms with van der Waals surface area (Å²) in [6.45, 7) is 1.59. The lowest BCUT2D eigenvalue weighted by Gasteiger charge is -2.12. The minimum atomic E-state index is -3.93. The van der Waals surface area contributed by atoms with Crippen molar-refractivity contribution >= 4 is 53.4 Å². The highest BCUT2D eigenvalue weighted by atomic mass is 79.9. The fourth-order valence-electron chi connectivity index (χ4n) is 1.60. The van der Waals surface area contributed by atoms with Crippen molar-refractivity contribution in [1.82, 2.24) is 4.98 Å². The molecular weight excluding hydrogens is 429 g/mol. The summed E-state index contributed by atoms with van der Waals surface area (Å²) in [5, 5.41) is 0. The van der Waals surface area contributed by atoms with Gasteiger partial charge in [0.15, 0.2) is 0 Å². The molecule has 0 atom stereocenters. The van der Waals surface area contributed by atoms with Crippen LogP contribution in [0.5, 0.6) is 0 Å². The van der Waals surface area contributed by atoms with Gasteiger partial charge in [0.2, 0.25) is 0 Å². The van der Waals surface area contributed by atoms with Crippen molar-refractivity contribution in [2.24, 2.45) is 0 Å². The van der Waals surface area contributed by atoms with Gasteiger partial charge in [0.25, 0.3) is 10.0 Å². The van der Waals surface area contributed by atoms with Crippen LogP contribution < -0.4 is 10.5 Å². The molecule has 21 heavy (non-hydrogen) atoms. The lowest BCUT2D eigenvalue weighted by molar-refractivity contribution is 0.600. The van der Waals surface area contributed by atoms with Crippen LogP contribution in [0.1, 0.15) is 5.56 Å². The maximum Gasteiger partial charge on any atom is 0.265 e. The summed E-state index contributed by atoms with van der Waals surface area (Å²) in [5.41, 5.74) is 6.30. The number of anilines is 2. The van der Waals surface area contributed by atoms with Gasteiger partial charge in [0.05, 0.1) is 10.2 Å². The van der Waals surface area contributed by atoms with E-state index >= 15 is 0 Å². The largest absolute Gasteiger partial charge is 0.383 e. The van der Waals surface area contributed by atoms with Gasteiger partial charge in [-0.25, -0.2) is 17.8 Å². The number of hydrogen-bond acceptors (Lipinski definition) is 4. The number of rotatable bonds is 3. The number of sulfonamides is 1. The molecule has 2 rings (SSSR count). The molecular formula is C12H10Br2FN3O2S. The lowest BCUT2D eigenvalue weighted by Crippen LogP contribution is -2.16. The summed E-state index contributed by atoms with van der Waals surface area (Å²) in [4.78, 5) is 3.63. The van der Waals surface area contributed by atoms with Crippen molar-refractivity contribution in [2.45, 2.75) is 11.8 Å². The predicted octanol–water partition coefficient (Wildman–Crippen LogP) is 3.44. The van der Waals surface area contributed by atoms with Gasteiger partial charge in [-0.3, -0.25) is 4.72 Å². The fourth-order valence-corrected chi connectivity index (χ4v) is 3.66. The molecule has 5 nitrogen and oxygen atoms in total. The van der Waals surface area contributed by atoms with Gasteiger partial charge in [-0.2, -0.15) is 0 Å². The second kappa shape index (κ2) is 5.90. The highest BCUT2D eigenvalue weighted by Gasteiger charge is 2.20. The topological polar surface area (TPSA) is 85.1 Å². The van der Waals surface area contributed by atoms with Gasteiger partial charge in [-0.05, 0) is 62.5 Å². The number of nitrogens with one attached hydrogen (secondary N) is 1. The van der Waals surface area contributed by atoms with Crippen LogP contribution in [0.25, 0.3) is 0 Å². The summed E-state index contributed by atoms with van der Waals surface area (Å²) in [6, 6.07) is 3.92. The van der Waals surface area contributed by atoms with Crippen molar-refractivity contribution in [2.75, 3.05) is 10.5 Å². The Balaban J connectivity index is 2.47. The monoisotopic (exact) mass is 437 g/mol. The van der Waals surface area contributed by atoms with E-state index in [-0.39, 0.29) is 20.9 Å². The number of aromatic nitrogens is 1. The number of hydrogen-bond donors (Lipinski definition) is 2. The average molecular weight is 439 g/mol. The van der Waals surface area contributed by atoms with Crippen LogP contribution in [-0.4, -0.2) is 13.4 Å². The third kappa shape index (κ3) is 3.53. The predicted molar refractivity (Wildman–Crippen MR) is 86.0 cm³/mol. The minimum Gasteiger partial charge on any atom is -0.383 e. The Hall–Kier alpha value is -1.19. The van der Waals surface area contributed by atoms with E-state index in [0.29, 0.717) is 10.0 Å². The first-order chi connectivity index (χ1) is 9.70. The maximum absolute atomic E-state index is 13.4. The number of benzene rings is 1. The molecule has 2 aromatic rings. The number of aryl methyl sites for hydroxylation is 1. The van der Waals surface area contributed by atoms with E-state index in [4.69, 9.17) is 5.73 Å². The molecule has 0 aliphatic rings. The molecule has 0 bridgehead atoms. The molecule has 0 amide bonds. The Labute approximate surface area is 138 Å². The van der Waals surface area contributed by atoms with E-state index < -0.39 is 15.8 Å². The van der Waals surface area contributed by atoms with E-state index in [1.54, 1.807) is 6.92 Å². The summed E-state index contributed by atoms with van der Waals surface area (Å²) in [5.74, 6) is -0.594. The molecule has 0 aliphatic heterocycles. The molecule has 0 saturated carbocycles. The second-order valence-electron chi connectivity index (χ2n) is 4.22. The molecule has 1 aromatic carbocycles. The Morgan fingerprint density at radius 3 is 2.62 bits per heavy atom. The van der Waals surface area contributed by atoms with Gasteiger partial charge >= 0.3 is 0 Å². The zero-order chi connectivity index (χ0) is 15.8. The first kappa shape index (κ1) is 16.2. The number of nitrogens with two attached hydrogens (primary N) is 1. The van der Waals surface area contributed by atoms with Crippen LogP contribution >= 0.6 is 31.9 Å². The van der Waals surface area contributed by atoms with Crippen molar-refractivity contribution in [3.63, 3.8) is 0 Å². The molecule has 9 heteroatoms. The lowest BCUT2D eigenvalue weighted by atomic mass is 10.2. The third-order valence-corrected chi connectivity index (χ3v) is 5.09. The molecule has 0 unspecified atom stereocenters. The van der Waals surface area contributed by atoms with E-state index in [0.717, 1.165) is 0 Å². The Morgan fingerprint density at radius 2 is 1.95 bits per heavy atom. The molecule has 0 spiro atoms. The zero-order valence-corrected chi connectivity index (χ0v) is 14.7. The van der Waals surface area contributed by atoms with E-state index in [1.165, 1.54) is 24.4 Å². The summed E-state index contributed by atoms with van der Waals surface area (Å²) in [6.07, 6.45) is 1.40. The molecule has 112 valence electrons. The number of nitrogens with zero attached hydrogens (tertiary/aromatic N) is 1. The van der Waals surface area contributed by atoms with E-state index in [2.05, 4.69) is 41.6 Å². The van der Waals surface area contributed by atoms with Crippen LogP contribution in [0.2, 0.25) is 0 Å². The van der Waals surface area contributed by atoms with Crippen LogP contribution in [-0.2, 0) is 10.0 Å². The van der Waals surface area contributed by atoms with Crippen molar-refractivity contribution < 1.29 is 12.8 Å². The first-order valence-corrected chi connectivity index (χ1v) is 8.67. The van der Waals surface area contributed by atoms with Gasteiger partial charge in [0.1, 0.15) is 16.5 Å². The zero-order valence-electron chi connectivity index (χ0n) is 10.7. The summed E-state index contributed by atoms with van der Waals surface area (Å²) >= 11 is 6.16. The molecule has 3 N–H and O–H groups in total. The SMILES string of the molecule is Cc1cc(F)c(Br)cc1NS(=O)(=O)c1cc(Br)cnc1N. The molecule has 0 radical (unpaired) electrons. The standard InChI is InChI=1S/C12H10Br2FN3O2S/c1-6-2-9(15)8(14)4-10(6)18-21(19,20)11-3-7(13)5-17-12(11)16/h2-5,18H,1H3,(H2,16,17). The smallest absolute Gasteiger partial charge is 0.265 e. The molecule has 0 saturated heterocycles. The molecule has 1 heterocycles. The van der Waals surface area contributed by atoms with Crippen molar-refractivity contribution in [1.29, 1.82) is 0 Å². The number of nitrogen functional groups attached to an aromatic ring is 1. The van der Waals surface area contributed by atoms with Crippen LogP contribution in [0.15, 0.2) is 38.2 Å². The second-order valence-corrected chi connectivity index (χ2v) is 7.64. The quantitative estimate of drug-likeness (QED) is 0.768. The molecule has 0 aliphatic carbocycles. The Kier molecular flexibility index (Phi) is 4.54. The number of halogens is 3. The van der Waals surface area contributed by atoms with Gasteiger partial charge < -0.3 is 5.73 Å². The number of pyridine rings is 1. The summed E-state index contributed by atoms with van der Waals surface area (Å²) < 4.78 is 41.1. The fraction of sp³-hybridized carbons (Fsp3) is 0.0833. The van der Waals surface area contributed by atoms with E-state index in [9.17, 15) is 12.8 Å². The van der Waals surface area contributed by atoms with Gasteiger partial charge in [-0.1, -0.05) is 0 Å².